The number of pyridine rings is 1. The fourth-order valence-electron chi connectivity index (χ4n) is 1.45. The van der Waals surface area contributed by atoms with E-state index in [0.717, 1.165) is 5.52 Å². The number of carbonyl (C=O) groups excluding carboxylic acids is 1. The molecule has 2 aromatic rings. The van der Waals surface area contributed by atoms with Gasteiger partial charge in [-0.1, -0.05) is 0 Å². The molecule has 0 fully saturated rings. The van der Waals surface area contributed by atoms with Crippen LogP contribution in [0.1, 0.15) is 10.4 Å². The number of ether oxygens (including phenoxy) is 1. The largest absolute Gasteiger partial charge is 0.465 e. The van der Waals surface area contributed by atoms with Gasteiger partial charge in [0.05, 0.1) is 18.2 Å². The van der Waals surface area contributed by atoms with Crippen molar-refractivity contribution in [2.24, 2.45) is 0 Å². The SMILES string of the molecule is COC(=O)c1ccnc2ccc(N)cc12. The Morgan fingerprint density at radius 2 is 2.20 bits per heavy atom. The lowest BCUT2D eigenvalue weighted by atomic mass is 10.1. The standard InChI is InChI=1S/C11H10N2O2/c1-15-11(14)8-4-5-13-10-3-2-7(12)6-9(8)10/h2-6H,12H2,1H3. The summed E-state index contributed by atoms with van der Waals surface area (Å²) in [6.45, 7) is 0. The molecule has 1 aromatic carbocycles. The third-order valence-electron chi connectivity index (χ3n) is 2.17. The first-order valence-electron chi connectivity index (χ1n) is 4.45. The van der Waals surface area contributed by atoms with Gasteiger partial charge in [0.25, 0.3) is 0 Å². The number of rotatable bonds is 1. The van der Waals surface area contributed by atoms with E-state index in [2.05, 4.69) is 9.72 Å². The van der Waals surface area contributed by atoms with Crippen LogP contribution in [-0.2, 0) is 4.74 Å². The maximum atomic E-state index is 11.4. The first kappa shape index (κ1) is 9.45. The van der Waals surface area contributed by atoms with Crippen LogP contribution in [0, 0.1) is 0 Å². The van der Waals surface area contributed by atoms with Crippen LogP contribution in [0.4, 0.5) is 5.69 Å². The van der Waals surface area contributed by atoms with Crippen molar-refractivity contribution in [1.29, 1.82) is 0 Å². The molecule has 0 saturated carbocycles. The number of esters is 1. The summed E-state index contributed by atoms with van der Waals surface area (Å²) in [5.74, 6) is -0.381. The van der Waals surface area contributed by atoms with Crippen molar-refractivity contribution in [2.75, 3.05) is 12.8 Å². The van der Waals surface area contributed by atoms with Crippen molar-refractivity contribution in [3.8, 4) is 0 Å². The van der Waals surface area contributed by atoms with Gasteiger partial charge in [0.15, 0.2) is 0 Å². The Morgan fingerprint density at radius 3 is 2.93 bits per heavy atom. The van der Waals surface area contributed by atoms with Crippen LogP contribution < -0.4 is 5.73 Å². The Hall–Kier alpha value is -2.10. The number of hydrogen-bond acceptors (Lipinski definition) is 4. The van der Waals surface area contributed by atoms with Crippen molar-refractivity contribution in [2.45, 2.75) is 0 Å². The summed E-state index contributed by atoms with van der Waals surface area (Å²) in [5, 5.41) is 0.712. The number of hydrogen-bond donors (Lipinski definition) is 1. The van der Waals surface area contributed by atoms with Crippen LogP contribution in [0.5, 0.6) is 0 Å². The second-order valence-electron chi connectivity index (χ2n) is 3.13. The highest BCUT2D eigenvalue weighted by Gasteiger charge is 2.10. The van der Waals surface area contributed by atoms with Gasteiger partial charge in [0.2, 0.25) is 0 Å². The highest BCUT2D eigenvalue weighted by molar-refractivity contribution is 6.03. The summed E-state index contributed by atoms with van der Waals surface area (Å²) in [7, 11) is 1.35. The first-order chi connectivity index (χ1) is 7.22. The van der Waals surface area contributed by atoms with Gasteiger partial charge < -0.3 is 10.5 Å². The van der Waals surface area contributed by atoms with Crippen molar-refractivity contribution in [1.82, 2.24) is 4.98 Å². The minimum atomic E-state index is -0.381. The molecule has 2 N–H and O–H groups in total. The zero-order chi connectivity index (χ0) is 10.8. The number of nitrogens with zero attached hydrogens (tertiary/aromatic N) is 1. The summed E-state index contributed by atoms with van der Waals surface area (Å²) in [6.07, 6.45) is 1.57. The molecule has 1 aromatic heterocycles. The van der Waals surface area contributed by atoms with E-state index < -0.39 is 0 Å². The van der Waals surface area contributed by atoms with Crippen LogP contribution in [0.3, 0.4) is 0 Å². The minimum Gasteiger partial charge on any atom is -0.465 e. The molecule has 4 nitrogen and oxygen atoms in total. The lowest BCUT2D eigenvalue weighted by Gasteiger charge is -2.04. The normalized spacial score (nSPS) is 10.2. The summed E-state index contributed by atoms with van der Waals surface area (Å²) in [5.41, 5.74) is 7.46. The minimum absolute atomic E-state index is 0.381. The Kier molecular flexibility index (Phi) is 2.25. The topological polar surface area (TPSA) is 65.2 Å². The molecule has 0 aliphatic rings. The molecule has 0 unspecified atom stereocenters. The second-order valence-corrected chi connectivity index (χ2v) is 3.13. The zero-order valence-corrected chi connectivity index (χ0v) is 8.23. The van der Waals surface area contributed by atoms with Gasteiger partial charge in [-0.25, -0.2) is 4.79 Å². The second kappa shape index (κ2) is 3.57. The fraction of sp³-hybridized carbons (Fsp3) is 0.0909. The molecule has 4 heteroatoms. The van der Waals surface area contributed by atoms with E-state index in [4.69, 9.17) is 5.73 Å². The number of carbonyl (C=O) groups is 1. The first-order valence-corrected chi connectivity index (χ1v) is 4.45. The van der Waals surface area contributed by atoms with Crippen LogP contribution >= 0.6 is 0 Å². The summed E-state index contributed by atoms with van der Waals surface area (Å²) >= 11 is 0. The van der Waals surface area contributed by atoms with E-state index >= 15 is 0 Å². The zero-order valence-electron chi connectivity index (χ0n) is 8.23. The number of fused-ring (bicyclic) bond motifs is 1. The maximum Gasteiger partial charge on any atom is 0.338 e. The van der Waals surface area contributed by atoms with E-state index in [1.54, 1.807) is 30.5 Å². The third-order valence-corrected chi connectivity index (χ3v) is 2.17. The van der Waals surface area contributed by atoms with Crippen molar-refractivity contribution >= 4 is 22.6 Å². The molecule has 15 heavy (non-hydrogen) atoms. The van der Waals surface area contributed by atoms with Gasteiger partial charge >= 0.3 is 5.97 Å². The number of nitrogens with two attached hydrogens (primary N) is 1. The van der Waals surface area contributed by atoms with Gasteiger partial charge in [-0.05, 0) is 24.3 Å². The average Bonchev–Trinajstić information content (AvgIpc) is 2.27. The van der Waals surface area contributed by atoms with E-state index in [9.17, 15) is 4.79 Å². The molecule has 0 bridgehead atoms. The molecule has 0 aliphatic carbocycles. The van der Waals surface area contributed by atoms with Crippen LogP contribution in [0.15, 0.2) is 30.5 Å². The Labute approximate surface area is 86.7 Å². The molecule has 2 rings (SSSR count). The Morgan fingerprint density at radius 1 is 1.40 bits per heavy atom. The highest BCUT2D eigenvalue weighted by Crippen LogP contribution is 2.19. The number of aromatic nitrogens is 1. The molecule has 0 amide bonds. The van der Waals surface area contributed by atoms with E-state index in [1.165, 1.54) is 7.11 Å². The summed E-state index contributed by atoms with van der Waals surface area (Å²) in [4.78, 5) is 15.6. The molecule has 0 spiro atoms. The number of benzene rings is 1. The maximum absolute atomic E-state index is 11.4. The molecule has 76 valence electrons. The monoisotopic (exact) mass is 202 g/mol. The average molecular weight is 202 g/mol. The molecule has 0 saturated heterocycles. The van der Waals surface area contributed by atoms with Gasteiger partial charge in [-0.2, -0.15) is 0 Å². The summed E-state index contributed by atoms with van der Waals surface area (Å²) < 4.78 is 4.68. The van der Waals surface area contributed by atoms with Crippen LogP contribution in [0.25, 0.3) is 10.9 Å². The quantitative estimate of drug-likeness (QED) is 0.563. The number of anilines is 1. The molecular formula is C11H10N2O2. The van der Waals surface area contributed by atoms with Gasteiger partial charge in [-0.3, -0.25) is 4.98 Å². The number of methoxy groups -OCH3 is 1. The van der Waals surface area contributed by atoms with Gasteiger partial charge in [0.1, 0.15) is 0 Å². The van der Waals surface area contributed by atoms with Crippen molar-refractivity contribution in [3.05, 3.63) is 36.0 Å². The van der Waals surface area contributed by atoms with Crippen LogP contribution in [-0.4, -0.2) is 18.1 Å². The lowest BCUT2D eigenvalue weighted by molar-refractivity contribution is 0.0603. The van der Waals surface area contributed by atoms with Gasteiger partial charge in [0, 0.05) is 17.3 Å². The Balaban J connectivity index is 2.74. The smallest absolute Gasteiger partial charge is 0.338 e. The Bertz CT molecular complexity index is 523. The fourth-order valence-corrected chi connectivity index (χ4v) is 1.45. The lowest BCUT2D eigenvalue weighted by Crippen LogP contribution is -2.02. The van der Waals surface area contributed by atoms with E-state index in [1.807, 2.05) is 0 Å². The predicted molar refractivity (Wildman–Crippen MR) is 57.5 cm³/mol. The number of nitrogen functional groups attached to an aromatic ring is 1. The molecule has 0 atom stereocenters. The third kappa shape index (κ3) is 1.61. The highest BCUT2D eigenvalue weighted by atomic mass is 16.5. The van der Waals surface area contributed by atoms with Crippen molar-refractivity contribution in [3.63, 3.8) is 0 Å². The van der Waals surface area contributed by atoms with Gasteiger partial charge in [-0.15, -0.1) is 0 Å². The molecule has 0 radical (unpaired) electrons. The van der Waals surface area contributed by atoms with Crippen molar-refractivity contribution < 1.29 is 9.53 Å². The summed E-state index contributed by atoms with van der Waals surface area (Å²) in [6, 6.07) is 6.86. The molecule has 0 aliphatic heterocycles. The van der Waals surface area contributed by atoms with E-state index in [0.29, 0.717) is 16.6 Å². The molecular weight excluding hydrogens is 192 g/mol. The van der Waals surface area contributed by atoms with E-state index in [-0.39, 0.29) is 5.97 Å². The van der Waals surface area contributed by atoms with Crippen LogP contribution in [0.2, 0.25) is 0 Å². The predicted octanol–water partition coefficient (Wildman–Crippen LogP) is 1.60. The molecule has 1 heterocycles.